The lowest BCUT2D eigenvalue weighted by Gasteiger charge is -2.10. The molecule has 0 radical (unpaired) electrons. The molecule has 0 saturated heterocycles. The number of carbonyl (C=O) groups excluding carboxylic acids is 1. The Bertz CT molecular complexity index is 951. The van der Waals surface area contributed by atoms with E-state index in [1.165, 1.54) is 0 Å². The fourth-order valence-electron chi connectivity index (χ4n) is 2.68. The largest absolute Gasteiger partial charge is 0.481 e. The number of carboxylic acids is 1. The van der Waals surface area contributed by atoms with E-state index in [1.54, 1.807) is 42.5 Å². The van der Waals surface area contributed by atoms with Gasteiger partial charge in [0.05, 0.1) is 17.1 Å². The van der Waals surface area contributed by atoms with Gasteiger partial charge in [0.2, 0.25) is 0 Å². The van der Waals surface area contributed by atoms with Crippen LogP contribution in [0.3, 0.4) is 0 Å². The third-order valence-corrected chi connectivity index (χ3v) is 4.27. The zero-order valence-corrected chi connectivity index (χ0v) is 14.5. The molecule has 0 aliphatic heterocycles. The number of para-hydroxylation sites is 1. The molecule has 3 aromatic carbocycles. The predicted molar refractivity (Wildman–Crippen MR) is 103 cm³/mol. The van der Waals surface area contributed by atoms with Gasteiger partial charge in [-0.25, -0.2) is 0 Å². The molecule has 0 aliphatic rings. The van der Waals surface area contributed by atoms with Crippen LogP contribution in [0.1, 0.15) is 15.9 Å². The van der Waals surface area contributed by atoms with E-state index < -0.39 is 5.97 Å². The van der Waals surface area contributed by atoms with Gasteiger partial charge in [0.1, 0.15) is 0 Å². The van der Waals surface area contributed by atoms with E-state index in [9.17, 15) is 9.59 Å². The molecule has 1 amide bonds. The minimum Gasteiger partial charge on any atom is -0.481 e. The maximum atomic E-state index is 12.4. The number of carbonyl (C=O) groups is 2. The van der Waals surface area contributed by atoms with Crippen LogP contribution in [-0.4, -0.2) is 17.0 Å². The first kappa shape index (κ1) is 17.7. The van der Waals surface area contributed by atoms with E-state index >= 15 is 0 Å². The van der Waals surface area contributed by atoms with Crippen LogP contribution in [0.5, 0.6) is 0 Å². The Morgan fingerprint density at radius 3 is 2.23 bits per heavy atom. The summed E-state index contributed by atoms with van der Waals surface area (Å²) in [5.41, 5.74) is 3.47. The normalized spacial score (nSPS) is 10.3. The standard InChI is InChI=1S/C21H16ClNO3/c22-18-7-3-4-8-19(18)23-21(26)15-11-9-14(10-12-15)17-6-2-1-5-16(17)13-20(24)25/h1-12H,13H2,(H,23,26)(H,24,25). The van der Waals surface area contributed by atoms with Crippen molar-refractivity contribution in [3.05, 3.63) is 88.9 Å². The lowest BCUT2D eigenvalue weighted by Crippen LogP contribution is -2.12. The van der Waals surface area contributed by atoms with Gasteiger partial charge in [0.15, 0.2) is 0 Å². The van der Waals surface area contributed by atoms with E-state index in [1.807, 2.05) is 30.3 Å². The van der Waals surface area contributed by atoms with Crippen molar-refractivity contribution >= 4 is 29.2 Å². The van der Waals surface area contributed by atoms with E-state index in [-0.39, 0.29) is 12.3 Å². The van der Waals surface area contributed by atoms with Gasteiger partial charge in [-0.3, -0.25) is 9.59 Å². The molecule has 5 heteroatoms. The number of hydrogen-bond donors (Lipinski definition) is 2. The number of rotatable bonds is 5. The maximum Gasteiger partial charge on any atom is 0.307 e. The summed E-state index contributed by atoms with van der Waals surface area (Å²) in [5.74, 6) is -1.14. The second kappa shape index (κ2) is 7.85. The molecule has 0 heterocycles. The molecule has 0 bridgehead atoms. The van der Waals surface area contributed by atoms with Crippen molar-refractivity contribution < 1.29 is 14.7 Å². The summed E-state index contributed by atoms with van der Waals surface area (Å²) in [6.07, 6.45) is -0.0507. The van der Waals surface area contributed by atoms with E-state index in [0.29, 0.717) is 16.3 Å². The zero-order chi connectivity index (χ0) is 18.5. The van der Waals surface area contributed by atoms with E-state index in [4.69, 9.17) is 16.7 Å². The first-order valence-electron chi connectivity index (χ1n) is 8.00. The predicted octanol–water partition coefficient (Wildman–Crippen LogP) is 4.89. The average Bonchev–Trinajstić information content (AvgIpc) is 2.64. The molecule has 26 heavy (non-hydrogen) atoms. The number of nitrogens with one attached hydrogen (secondary N) is 1. The van der Waals surface area contributed by atoms with Crippen LogP contribution in [0.4, 0.5) is 5.69 Å². The molecule has 0 aromatic heterocycles. The Kier molecular flexibility index (Phi) is 5.34. The molecular weight excluding hydrogens is 350 g/mol. The molecular formula is C21H16ClNO3. The molecule has 130 valence electrons. The lowest BCUT2D eigenvalue weighted by molar-refractivity contribution is -0.136. The third kappa shape index (κ3) is 4.10. The van der Waals surface area contributed by atoms with Crippen LogP contribution in [-0.2, 0) is 11.2 Å². The Balaban J connectivity index is 1.82. The van der Waals surface area contributed by atoms with Crippen molar-refractivity contribution in [2.75, 3.05) is 5.32 Å². The van der Waals surface area contributed by atoms with Crippen molar-refractivity contribution in [3.8, 4) is 11.1 Å². The van der Waals surface area contributed by atoms with Crippen molar-refractivity contribution in [2.45, 2.75) is 6.42 Å². The summed E-state index contributed by atoms with van der Waals surface area (Å²) in [6.45, 7) is 0. The van der Waals surface area contributed by atoms with Crippen molar-refractivity contribution in [1.29, 1.82) is 0 Å². The number of amides is 1. The summed E-state index contributed by atoms with van der Waals surface area (Å²) >= 11 is 6.06. The Hall–Kier alpha value is -3.11. The van der Waals surface area contributed by atoms with Gasteiger partial charge in [0.25, 0.3) is 5.91 Å². The molecule has 0 aliphatic carbocycles. The molecule has 0 atom stereocenters. The highest BCUT2D eigenvalue weighted by molar-refractivity contribution is 6.33. The highest BCUT2D eigenvalue weighted by Gasteiger charge is 2.11. The number of carboxylic acid groups (broad SMARTS) is 1. The fourth-order valence-corrected chi connectivity index (χ4v) is 2.86. The Morgan fingerprint density at radius 1 is 0.885 bits per heavy atom. The molecule has 2 N–H and O–H groups in total. The van der Waals surface area contributed by atoms with Crippen LogP contribution < -0.4 is 5.32 Å². The van der Waals surface area contributed by atoms with Crippen LogP contribution in [0, 0.1) is 0 Å². The van der Waals surface area contributed by atoms with Crippen LogP contribution in [0.15, 0.2) is 72.8 Å². The van der Waals surface area contributed by atoms with Crippen LogP contribution in [0.25, 0.3) is 11.1 Å². The summed E-state index contributed by atoms with van der Waals surface area (Å²) in [5, 5.41) is 12.3. The molecule has 0 fully saturated rings. The second-order valence-electron chi connectivity index (χ2n) is 5.74. The number of hydrogen-bond acceptors (Lipinski definition) is 2. The van der Waals surface area contributed by atoms with E-state index in [2.05, 4.69) is 5.32 Å². The van der Waals surface area contributed by atoms with Gasteiger partial charge in [-0.1, -0.05) is 60.1 Å². The molecule has 0 saturated carbocycles. The van der Waals surface area contributed by atoms with E-state index in [0.717, 1.165) is 16.7 Å². The second-order valence-corrected chi connectivity index (χ2v) is 6.15. The molecule has 3 aromatic rings. The molecule has 3 rings (SSSR count). The average molecular weight is 366 g/mol. The number of benzene rings is 3. The minimum atomic E-state index is -0.881. The summed E-state index contributed by atoms with van der Waals surface area (Å²) < 4.78 is 0. The van der Waals surface area contributed by atoms with Gasteiger partial charge in [-0.05, 0) is 41.0 Å². The van der Waals surface area contributed by atoms with Crippen molar-refractivity contribution in [1.82, 2.24) is 0 Å². The monoisotopic (exact) mass is 365 g/mol. The summed E-state index contributed by atoms with van der Waals surface area (Å²) in [7, 11) is 0. The number of anilines is 1. The first-order valence-corrected chi connectivity index (χ1v) is 8.38. The fraction of sp³-hybridized carbons (Fsp3) is 0.0476. The van der Waals surface area contributed by atoms with Gasteiger partial charge >= 0.3 is 5.97 Å². The van der Waals surface area contributed by atoms with Gasteiger partial charge < -0.3 is 10.4 Å². The topological polar surface area (TPSA) is 66.4 Å². The summed E-state index contributed by atoms with van der Waals surface area (Å²) in [4.78, 5) is 23.4. The molecule has 4 nitrogen and oxygen atoms in total. The van der Waals surface area contributed by atoms with Crippen molar-refractivity contribution in [3.63, 3.8) is 0 Å². The van der Waals surface area contributed by atoms with Gasteiger partial charge in [0, 0.05) is 5.56 Å². The Labute approximate surface area is 156 Å². The minimum absolute atomic E-state index is 0.0507. The maximum absolute atomic E-state index is 12.4. The van der Waals surface area contributed by atoms with Crippen LogP contribution in [0.2, 0.25) is 5.02 Å². The first-order chi connectivity index (χ1) is 12.5. The SMILES string of the molecule is O=C(O)Cc1ccccc1-c1ccc(C(=O)Nc2ccccc2Cl)cc1. The molecule has 0 unspecified atom stereocenters. The zero-order valence-electron chi connectivity index (χ0n) is 13.8. The van der Waals surface area contributed by atoms with Crippen molar-refractivity contribution in [2.24, 2.45) is 0 Å². The Morgan fingerprint density at radius 2 is 1.54 bits per heavy atom. The lowest BCUT2D eigenvalue weighted by atomic mass is 9.97. The number of halogens is 1. The summed E-state index contributed by atoms with van der Waals surface area (Å²) in [6, 6.07) is 21.4. The highest BCUT2D eigenvalue weighted by atomic mass is 35.5. The third-order valence-electron chi connectivity index (χ3n) is 3.94. The number of aliphatic carboxylic acids is 1. The van der Waals surface area contributed by atoms with Gasteiger partial charge in [-0.2, -0.15) is 0 Å². The molecule has 0 spiro atoms. The smallest absolute Gasteiger partial charge is 0.307 e. The van der Waals surface area contributed by atoms with Gasteiger partial charge in [-0.15, -0.1) is 0 Å². The van der Waals surface area contributed by atoms with Crippen LogP contribution >= 0.6 is 11.6 Å². The quantitative estimate of drug-likeness (QED) is 0.676. The highest BCUT2D eigenvalue weighted by Crippen LogP contribution is 2.25.